The van der Waals surface area contributed by atoms with Crippen LogP contribution in [-0.2, 0) is 43.9 Å². The fourth-order valence-electron chi connectivity index (χ4n) is 5.29. The first-order valence-corrected chi connectivity index (χ1v) is 17.0. The van der Waals surface area contributed by atoms with E-state index in [1.54, 1.807) is 0 Å². The van der Waals surface area contributed by atoms with E-state index in [9.17, 15) is 29.4 Å². The van der Waals surface area contributed by atoms with Crippen LogP contribution >= 0.6 is 14.5 Å². The van der Waals surface area contributed by atoms with Gasteiger partial charge in [-0.25, -0.2) is 24.5 Å². The summed E-state index contributed by atoms with van der Waals surface area (Å²) in [6.07, 6.45) is -8.46. The zero-order valence-electron chi connectivity index (χ0n) is 22.4. The molecule has 3 aliphatic heterocycles. The summed E-state index contributed by atoms with van der Waals surface area (Å²) < 4.78 is 48.7. The lowest BCUT2D eigenvalue weighted by Crippen LogP contribution is -2.37. The molecule has 8 N–H and O–H groups in total. The van der Waals surface area contributed by atoms with Crippen LogP contribution in [0.4, 0.5) is 11.8 Å². The maximum Gasteiger partial charge on any atom is 0.472 e. The van der Waals surface area contributed by atoms with Gasteiger partial charge < -0.3 is 50.0 Å². The second-order valence-electron chi connectivity index (χ2n) is 10.1. The molecule has 0 radical (unpaired) electrons. The predicted octanol–water partition coefficient (Wildman–Crippen LogP) is -2.86. The van der Waals surface area contributed by atoms with Crippen molar-refractivity contribution in [2.75, 3.05) is 24.7 Å². The number of aliphatic hydroxyl groups is 2. The number of imidazole rings is 2. The van der Waals surface area contributed by atoms with E-state index < -0.39 is 82.4 Å². The van der Waals surface area contributed by atoms with Crippen LogP contribution in [0.15, 0.2) is 23.8 Å². The van der Waals surface area contributed by atoms with E-state index in [1.807, 2.05) is 0 Å². The molecule has 25 heteroatoms. The molecule has 242 valence electrons. The van der Waals surface area contributed by atoms with Gasteiger partial charge in [-0.05, 0) is 0 Å². The van der Waals surface area contributed by atoms with Crippen LogP contribution in [0.5, 0.6) is 0 Å². The molecule has 45 heavy (non-hydrogen) atoms. The fourth-order valence-corrected chi connectivity index (χ4v) is 7.65. The highest BCUT2D eigenvalue weighted by atomic mass is 32.5. The lowest BCUT2D eigenvalue weighted by atomic mass is 10.1. The lowest BCUT2D eigenvalue weighted by Gasteiger charge is -2.34. The summed E-state index contributed by atoms with van der Waals surface area (Å²) in [5.74, 6) is -0.202. The number of aromatic amines is 1. The molecular weight excluding hydrogens is 666 g/mol. The van der Waals surface area contributed by atoms with E-state index in [1.165, 1.54) is 21.8 Å². The normalized spacial score (nSPS) is 37.7. The van der Waals surface area contributed by atoms with E-state index >= 15 is 0 Å². The molecule has 2 bridgehead atoms. The average molecular weight is 689 g/mol. The van der Waals surface area contributed by atoms with Gasteiger partial charge in [0.1, 0.15) is 55.2 Å². The molecule has 0 aliphatic carbocycles. The molecule has 3 unspecified atom stereocenters. The van der Waals surface area contributed by atoms with Gasteiger partial charge in [0.2, 0.25) is 5.95 Å². The highest BCUT2D eigenvalue weighted by Crippen LogP contribution is 2.52. The molecule has 3 aliphatic rings. The highest BCUT2D eigenvalue weighted by molar-refractivity contribution is 8.06. The second-order valence-corrected chi connectivity index (χ2v) is 14.2. The maximum absolute atomic E-state index is 13.4. The summed E-state index contributed by atoms with van der Waals surface area (Å²) in [6.45, 7) is -5.99. The monoisotopic (exact) mass is 689 g/mol. The fraction of sp³-hybridized carbons (Fsp3) is 0.500. The number of fused-ring (bicyclic) bond motifs is 5. The number of nitrogens with zero attached hydrogens (tertiary/aromatic N) is 7. The SMILES string of the molecule is Nc1nc2c(ncn2[C@@H]2OC3COP(=O)(O)O[C@H]4[C@@H](O)[C@H](n5cnc6c(N)ncnc65)O[C@@H]4COP([O-])(=S)O[C@@H]2[C@@H]3O)c(=O)[nH]1. The van der Waals surface area contributed by atoms with Crippen LogP contribution in [0.1, 0.15) is 12.5 Å². The molecular formula is C20H23N10O12P2S-. The highest BCUT2D eigenvalue weighted by Gasteiger charge is 2.52. The Morgan fingerprint density at radius 3 is 2.40 bits per heavy atom. The number of hydrogen-bond acceptors (Lipinski definition) is 19. The first-order chi connectivity index (χ1) is 21.3. The maximum atomic E-state index is 13.4. The third kappa shape index (κ3) is 5.44. The standard InChI is InChI=1S/C20H24N10O12P2S/c21-14-8-15(24-3-23-14)29(4-25-8)18-11(32)12-7(40-18)2-38-44(36,45)42-13-10(31)6(1-37-43(34,35)41-12)39-19(13)30-5-26-9-16(30)27-20(22)28-17(9)33/h3-7,10-13,18-19,31-32H,1-2H2,(H,34,35)(H,36,45)(H2,21,23,24)(H3,22,27,28,33)/p-1/t6?,7-,10-,11-,12-,13-,18-,19-,44?/m1/s1. The molecule has 0 spiro atoms. The van der Waals surface area contributed by atoms with Crippen LogP contribution < -0.4 is 21.9 Å². The Hall–Kier alpha value is -3.02. The van der Waals surface area contributed by atoms with Crippen molar-refractivity contribution in [3.05, 3.63) is 29.3 Å². The number of H-pyrrole nitrogens is 1. The number of phosphoric acid groups is 1. The van der Waals surface area contributed by atoms with Gasteiger partial charge >= 0.3 is 7.82 Å². The number of nitrogens with two attached hydrogens (primary N) is 2. The Morgan fingerprint density at radius 2 is 1.62 bits per heavy atom. The van der Waals surface area contributed by atoms with Crippen molar-refractivity contribution >= 4 is 60.4 Å². The predicted molar refractivity (Wildman–Crippen MR) is 148 cm³/mol. The minimum atomic E-state index is -5.03. The number of rotatable bonds is 2. The molecule has 4 aromatic heterocycles. The molecule has 10 atom stereocenters. The van der Waals surface area contributed by atoms with Crippen molar-refractivity contribution in [3.63, 3.8) is 0 Å². The van der Waals surface area contributed by atoms with Gasteiger partial charge in [-0.1, -0.05) is 11.8 Å². The summed E-state index contributed by atoms with van der Waals surface area (Å²) in [5.41, 5.74) is 11.0. The van der Waals surface area contributed by atoms with Crippen LogP contribution in [0.3, 0.4) is 0 Å². The number of aliphatic hydroxyl groups excluding tert-OH is 2. The third-order valence-corrected chi connectivity index (χ3v) is 9.84. The minimum Gasteiger partial charge on any atom is -0.780 e. The number of nitrogens with one attached hydrogen (secondary N) is 1. The van der Waals surface area contributed by atoms with Gasteiger partial charge in [-0.15, -0.1) is 0 Å². The Bertz CT molecular complexity index is 1940. The van der Waals surface area contributed by atoms with Crippen molar-refractivity contribution in [2.45, 2.75) is 49.1 Å². The summed E-state index contributed by atoms with van der Waals surface area (Å²) in [5, 5.41) is 22.2. The molecule has 7 rings (SSSR count). The van der Waals surface area contributed by atoms with E-state index in [0.29, 0.717) is 0 Å². The molecule has 3 fully saturated rings. The van der Waals surface area contributed by atoms with Crippen LogP contribution in [0, 0.1) is 0 Å². The lowest BCUT2D eigenvalue weighted by molar-refractivity contribution is -0.218. The second kappa shape index (κ2) is 11.1. The van der Waals surface area contributed by atoms with Gasteiger partial charge in [0.15, 0.2) is 35.1 Å². The van der Waals surface area contributed by atoms with Gasteiger partial charge in [0.25, 0.3) is 5.56 Å². The first-order valence-electron chi connectivity index (χ1n) is 12.9. The third-order valence-electron chi connectivity index (χ3n) is 7.31. The number of phosphoric ester groups is 1. The topological polar surface area (TPSA) is 315 Å². The van der Waals surface area contributed by atoms with Crippen molar-refractivity contribution in [3.8, 4) is 0 Å². The van der Waals surface area contributed by atoms with Crippen molar-refractivity contribution < 1.29 is 52.1 Å². The van der Waals surface area contributed by atoms with Crippen LogP contribution in [-0.4, -0.2) is 104 Å². The number of hydrogen-bond donors (Lipinski definition) is 6. The van der Waals surface area contributed by atoms with Crippen molar-refractivity contribution in [2.24, 2.45) is 0 Å². The van der Waals surface area contributed by atoms with Crippen LogP contribution in [0.2, 0.25) is 0 Å². The van der Waals surface area contributed by atoms with Gasteiger partial charge in [0.05, 0.1) is 25.9 Å². The van der Waals surface area contributed by atoms with Crippen molar-refractivity contribution in [1.82, 2.24) is 39.0 Å². The first kappa shape index (κ1) is 30.6. The number of aromatic nitrogens is 8. The van der Waals surface area contributed by atoms with Gasteiger partial charge in [0, 0.05) is 0 Å². The van der Waals surface area contributed by atoms with Gasteiger partial charge in [-0.3, -0.25) is 28.0 Å². The average Bonchev–Trinajstić information content (AvgIpc) is 3.72. The van der Waals surface area contributed by atoms with E-state index in [2.05, 4.69) is 29.9 Å². The Morgan fingerprint density at radius 1 is 0.933 bits per heavy atom. The molecule has 7 heterocycles. The van der Waals surface area contributed by atoms with Crippen LogP contribution in [0.25, 0.3) is 22.3 Å². The number of anilines is 2. The summed E-state index contributed by atoms with van der Waals surface area (Å²) >= 11 is 5.10. The zero-order valence-corrected chi connectivity index (χ0v) is 25.0. The quantitative estimate of drug-likeness (QED) is 0.115. The van der Waals surface area contributed by atoms with Crippen molar-refractivity contribution in [1.29, 1.82) is 0 Å². The molecule has 22 nitrogen and oxygen atoms in total. The Labute approximate surface area is 254 Å². The molecule has 3 saturated heterocycles. The molecule has 0 amide bonds. The number of ether oxygens (including phenoxy) is 2. The summed E-state index contributed by atoms with van der Waals surface area (Å²) in [7, 11) is -5.03. The summed E-state index contributed by atoms with van der Waals surface area (Å²) in [6, 6.07) is 0. The van der Waals surface area contributed by atoms with E-state index in [0.717, 1.165) is 6.33 Å². The summed E-state index contributed by atoms with van der Waals surface area (Å²) in [4.78, 5) is 58.8. The van der Waals surface area contributed by atoms with E-state index in [-0.39, 0.29) is 34.1 Å². The number of nitrogen functional groups attached to an aromatic ring is 2. The van der Waals surface area contributed by atoms with Gasteiger partial charge in [-0.2, -0.15) is 4.98 Å². The minimum absolute atomic E-state index is 0.0536. The van der Waals surface area contributed by atoms with E-state index in [4.69, 9.17) is 50.8 Å². The largest absolute Gasteiger partial charge is 0.780 e. The zero-order chi connectivity index (χ0) is 31.8. The smallest absolute Gasteiger partial charge is 0.472 e. The molecule has 0 saturated carbocycles. The Balaban J connectivity index is 1.21. The Kier molecular flexibility index (Phi) is 7.52. The molecule has 4 aromatic rings. The molecule has 0 aromatic carbocycles.